The van der Waals surface area contributed by atoms with Crippen molar-refractivity contribution in [2.24, 2.45) is 0 Å². The normalized spacial score (nSPS) is 10.0. The van der Waals surface area contributed by atoms with Gasteiger partial charge in [-0.05, 0) is 12.5 Å². The molecule has 0 spiro atoms. The van der Waals surface area contributed by atoms with Crippen LogP contribution >= 0.6 is 0 Å². The molecule has 0 saturated heterocycles. The lowest BCUT2D eigenvalue weighted by atomic mass is 10.1. The highest BCUT2D eigenvalue weighted by atomic mass is 16.6. The van der Waals surface area contributed by atoms with Gasteiger partial charge in [-0.2, -0.15) is 0 Å². The Morgan fingerprint density at radius 2 is 2.10 bits per heavy atom. The van der Waals surface area contributed by atoms with Crippen LogP contribution in [0, 0.1) is 10.1 Å². The molecule has 0 aromatic heterocycles. The zero-order valence-corrected chi connectivity index (χ0v) is 11.7. The molecule has 0 saturated carbocycles. The highest BCUT2D eigenvalue weighted by Gasteiger charge is 2.29. The van der Waals surface area contributed by atoms with Crippen LogP contribution in [0.1, 0.15) is 23.7 Å². The largest absolute Gasteiger partial charge is 0.496 e. The second kappa shape index (κ2) is 7.22. The maximum atomic E-state index is 12.5. The van der Waals surface area contributed by atoms with Crippen molar-refractivity contribution in [3.05, 3.63) is 33.9 Å². The summed E-state index contributed by atoms with van der Waals surface area (Å²) in [6.07, 6.45) is 0.530. The summed E-state index contributed by atoms with van der Waals surface area (Å²) in [5, 5.41) is 19.9. The number of nitro groups is 1. The third-order valence-electron chi connectivity index (χ3n) is 2.74. The summed E-state index contributed by atoms with van der Waals surface area (Å²) in [4.78, 5) is 34.7. The summed E-state index contributed by atoms with van der Waals surface area (Å²) in [5.74, 6) is -1.88. The maximum Gasteiger partial charge on any atom is 0.323 e. The smallest absolute Gasteiger partial charge is 0.323 e. The molecule has 0 bridgehead atoms. The molecular weight excluding hydrogens is 280 g/mol. The summed E-state index contributed by atoms with van der Waals surface area (Å²) in [5.41, 5.74) is -0.648. The predicted molar refractivity (Wildman–Crippen MR) is 73.5 cm³/mol. The molecule has 0 atom stereocenters. The number of carbonyl (C=O) groups is 2. The summed E-state index contributed by atoms with van der Waals surface area (Å²) >= 11 is 0. The Hall–Kier alpha value is -2.64. The Bertz CT molecular complexity index is 558. The number of nitro benzene ring substituents is 1. The van der Waals surface area contributed by atoms with Gasteiger partial charge in [0.25, 0.3) is 11.6 Å². The lowest BCUT2D eigenvalue weighted by molar-refractivity contribution is -0.385. The Balaban J connectivity index is 3.31. The number of ether oxygens (including phenoxy) is 1. The molecule has 0 radical (unpaired) electrons. The first-order valence-corrected chi connectivity index (χ1v) is 6.24. The second-order valence-electron chi connectivity index (χ2n) is 4.23. The minimum atomic E-state index is -1.19. The Morgan fingerprint density at radius 3 is 2.57 bits per heavy atom. The summed E-state index contributed by atoms with van der Waals surface area (Å²) in [6.45, 7) is 1.43. The second-order valence-corrected chi connectivity index (χ2v) is 4.23. The third-order valence-corrected chi connectivity index (χ3v) is 2.74. The van der Waals surface area contributed by atoms with Gasteiger partial charge in [0.15, 0.2) is 5.56 Å². The van der Waals surface area contributed by atoms with Gasteiger partial charge < -0.3 is 14.7 Å². The van der Waals surface area contributed by atoms with Gasteiger partial charge in [0.1, 0.15) is 12.3 Å². The van der Waals surface area contributed by atoms with Crippen molar-refractivity contribution in [1.82, 2.24) is 4.90 Å². The molecule has 21 heavy (non-hydrogen) atoms. The number of rotatable bonds is 7. The SMILES string of the molecule is CCCN(CC(=O)O)C(=O)c1c(OC)cccc1[N+](=O)[O-]. The first kappa shape index (κ1) is 16.4. The fourth-order valence-corrected chi connectivity index (χ4v) is 1.90. The van der Waals surface area contributed by atoms with Gasteiger partial charge in [0.05, 0.1) is 12.0 Å². The van der Waals surface area contributed by atoms with Crippen LogP contribution in [0.2, 0.25) is 0 Å². The van der Waals surface area contributed by atoms with E-state index in [2.05, 4.69) is 0 Å². The summed E-state index contributed by atoms with van der Waals surface area (Å²) in [6, 6.07) is 4.00. The number of amides is 1. The summed E-state index contributed by atoms with van der Waals surface area (Å²) < 4.78 is 4.99. The van der Waals surface area contributed by atoms with Crippen molar-refractivity contribution in [1.29, 1.82) is 0 Å². The number of hydrogen-bond acceptors (Lipinski definition) is 5. The minimum absolute atomic E-state index is 0.0423. The first-order chi connectivity index (χ1) is 9.92. The van der Waals surface area contributed by atoms with Gasteiger partial charge in [-0.1, -0.05) is 13.0 Å². The van der Waals surface area contributed by atoms with Gasteiger partial charge in [-0.3, -0.25) is 19.7 Å². The van der Waals surface area contributed by atoms with Crippen LogP contribution in [0.4, 0.5) is 5.69 Å². The molecule has 0 aliphatic rings. The van der Waals surface area contributed by atoms with E-state index < -0.39 is 29.0 Å². The highest BCUT2D eigenvalue weighted by molar-refractivity contribution is 6.02. The van der Waals surface area contributed by atoms with E-state index in [9.17, 15) is 19.7 Å². The molecule has 1 amide bonds. The van der Waals surface area contributed by atoms with E-state index in [0.29, 0.717) is 6.42 Å². The van der Waals surface area contributed by atoms with Crippen LogP contribution in [0.3, 0.4) is 0 Å². The number of hydrogen-bond donors (Lipinski definition) is 1. The van der Waals surface area contributed by atoms with E-state index in [1.165, 1.54) is 25.3 Å². The standard InChI is InChI=1S/C13H16N2O6/c1-3-7-14(8-11(16)17)13(18)12-9(15(19)20)5-4-6-10(12)21-2/h4-6H,3,7-8H2,1-2H3,(H,16,17). The molecule has 0 aliphatic heterocycles. The molecule has 1 rings (SSSR count). The van der Waals surface area contributed by atoms with Crippen molar-refractivity contribution in [3.63, 3.8) is 0 Å². The van der Waals surface area contributed by atoms with Crippen LogP contribution in [0.5, 0.6) is 5.75 Å². The van der Waals surface area contributed by atoms with Crippen molar-refractivity contribution in [2.45, 2.75) is 13.3 Å². The predicted octanol–water partition coefficient (Wildman–Crippen LogP) is 1.54. The van der Waals surface area contributed by atoms with E-state index in [1.807, 2.05) is 0 Å². The molecule has 0 unspecified atom stereocenters. The molecule has 8 nitrogen and oxygen atoms in total. The van der Waals surface area contributed by atoms with Gasteiger partial charge in [-0.25, -0.2) is 0 Å². The molecule has 114 valence electrons. The minimum Gasteiger partial charge on any atom is -0.496 e. The number of methoxy groups -OCH3 is 1. The molecule has 0 fully saturated rings. The molecule has 1 aromatic carbocycles. The van der Waals surface area contributed by atoms with Crippen molar-refractivity contribution < 1.29 is 24.4 Å². The number of carbonyl (C=O) groups excluding carboxylic acids is 1. The van der Waals surface area contributed by atoms with Crippen molar-refractivity contribution in [2.75, 3.05) is 20.2 Å². The lowest BCUT2D eigenvalue weighted by Gasteiger charge is -2.20. The van der Waals surface area contributed by atoms with Gasteiger partial charge in [0.2, 0.25) is 0 Å². The fraction of sp³-hybridized carbons (Fsp3) is 0.385. The third kappa shape index (κ3) is 3.91. The quantitative estimate of drug-likeness (QED) is 0.603. The average molecular weight is 296 g/mol. The van der Waals surface area contributed by atoms with Crippen LogP contribution in [-0.4, -0.2) is 47.0 Å². The monoisotopic (exact) mass is 296 g/mol. The van der Waals surface area contributed by atoms with Crippen LogP contribution in [-0.2, 0) is 4.79 Å². The average Bonchev–Trinajstić information content (AvgIpc) is 2.44. The van der Waals surface area contributed by atoms with Crippen molar-refractivity contribution in [3.8, 4) is 5.75 Å². The Morgan fingerprint density at radius 1 is 1.43 bits per heavy atom. The lowest BCUT2D eigenvalue weighted by Crippen LogP contribution is -2.36. The number of carboxylic acid groups (broad SMARTS) is 1. The number of carboxylic acids is 1. The molecule has 0 heterocycles. The van der Waals surface area contributed by atoms with Gasteiger partial charge >= 0.3 is 5.97 Å². The van der Waals surface area contributed by atoms with Gasteiger partial charge in [0, 0.05) is 12.6 Å². The highest BCUT2D eigenvalue weighted by Crippen LogP contribution is 2.29. The topological polar surface area (TPSA) is 110 Å². The zero-order chi connectivity index (χ0) is 16.0. The fourth-order valence-electron chi connectivity index (χ4n) is 1.90. The summed E-state index contributed by atoms with van der Waals surface area (Å²) in [7, 11) is 1.29. The first-order valence-electron chi connectivity index (χ1n) is 6.24. The van der Waals surface area contributed by atoms with E-state index in [4.69, 9.17) is 9.84 Å². The molecule has 8 heteroatoms. The van der Waals surface area contributed by atoms with Crippen LogP contribution in [0.15, 0.2) is 18.2 Å². The van der Waals surface area contributed by atoms with E-state index >= 15 is 0 Å². The van der Waals surface area contributed by atoms with E-state index in [-0.39, 0.29) is 17.9 Å². The maximum absolute atomic E-state index is 12.5. The van der Waals surface area contributed by atoms with E-state index in [0.717, 1.165) is 4.90 Å². The molecule has 0 aliphatic carbocycles. The molecular formula is C13H16N2O6. The number of nitrogens with zero attached hydrogens (tertiary/aromatic N) is 2. The Labute approximate surface area is 121 Å². The van der Waals surface area contributed by atoms with Gasteiger partial charge in [-0.15, -0.1) is 0 Å². The number of aliphatic carboxylic acids is 1. The number of benzene rings is 1. The van der Waals surface area contributed by atoms with E-state index in [1.54, 1.807) is 6.92 Å². The molecule has 1 aromatic rings. The van der Waals surface area contributed by atoms with Crippen LogP contribution in [0.25, 0.3) is 0 Å². The zero-order valence-electron chi connectivity index (χ0n) is 11.7. The molecule has 1 N–H and O–H groups in total. The van der Waals surface area contributed by atoms with Crippen molar-refractivity contribution >= 4 is 17.6 Å². The van der Waals surface area contributed by atoms with Crippen LogP contribution < -0.4 is 4.74 Å². The Kier molecular flexibility index (Phi) is 5.65.